The number of likely N-dealkylation sites (tertiary alicyclic amines) is 1. The monoisotopic (exact) mass is 497 g/mol. The highest BCUT2D eigenvalue weighted by Crippen LogP contribution is 2.36. The number of carbonyl (C=O) groups is 2. The van der Waals surface area contributed by atoms with Gasteiger partial charge in [-0.05, 0) is 44.7 Å². The number of aliphatic hydroxyl groups is 2. The zero-order valence-electron chi connectivity index (χ0n) is 20.0. The van der Waals surface area contributed by atoms with Crippen LogP contribution in [0.15, 0.2) is 24.5 Å². The average Bonchev–Trinajstić information content (AvgIpc) is 3.51. The molecule has 3 atom stereocenters. The van der Waals surface area contributed by atoms with E-state index in [0.29, 0.717) is 46.3 Å². The number of halogens is 1. The Kier molecular flexibility index (Phi) is 6.35. The number of hydrogen-bond acceptors (Lipinski definition) is 7. The van der Waals surface area contributed by atoms with Crippen LogP contribution in [0.5, 0.6) is 5.75 Å². The Hall–Kier alpha value is -3.57. The standard InChI is InChI=1S/C25H28FN5O5/c1-12-20(24(34)30-17-8-31(9-18(17)33)25(35)13(2)32)22-23(29-12)21(27-11-28-22)16-6-5-15(26)7-19(16)36-10-14-3-4-14/h5-7,11,13-14,17-18,29,32-33H,3-4,8-10H2,1-2H3,(H,30,34)/t13-,17-,18-/m0/s1. The van der Waals surface area contributed by atoms with Gasteiger partial charge in [0.2, 0.25) is 0 Å². The molecule has 0 unspecified atom stereocenters. The van der Waals surface area contributed by atoms with Crippen LogP contribution in [0.3, 0.4) is 0 Å². The molecule has 1 saturated heterocycles. The molecule has 3 aromatic rings. The van der Waals surface area contributed by atoms with E-state index in [1.165, 1.54) is 30.3 Å². The summed E-state index contributed by atoms with van der Waals surface area (Å²) in [6.07, 6.45) is 1.36. The fraction of sp³-hybridized carbons (Fsp3) is 0.440. The number of benzene rings is 1. The molecular weight excluding hydrogens is 469 g/mol. The van der Waals surface area contributed by atoms with Gasteiger partial charge in [0.05, 0.1) is 29.8 Å². The van der Waals surface area contributed by atoms with Crippen LogP contribution < -0.4 is 10.1 Å². The Morgan fingerprint density at radius 2 is 2.08 bits per heavy atom. The Morgan fingerprint density at radius 3 is 2.81 bits per heavy atom. The second kappa shape index (κ2) is 9.47. The third-order valence-corrected chi connectivity index (χ3v) is 6.64. The van der Waals surface area contributed by atoms with Gasteiger partial charge in [-0.2, -0.15) is 0 Å². The number of ether oxygens (including phenoxy) is 1. The Labute approximate surface area is 206 Å². The number of aliphatic hydroxyl groups excluding tert-OH is 2. The maximum atomic E-state index is 14.0. The van der Waals surface area contributed by atoms with Gasteiger partial charge in [-0.1, -0.05) is 0 Å². The lowest BCUT2D eigenvalue weighted by molar-refractivity contribution is -0.138. The third kappa shape index (κ3) is 4.63. The Balaban J connectivity index is 1.44. The first-order valence-electron chi connectivity index (χ1n) is 11.9. The van der Waals surface area contributed by atoms with Gasteiger partial charge in [0, 0.05) is 30.4 Å². The molecule has 2 aromatic heterocycles. The molecule has 5 rings (SSSR count). The van der Waals surface area contributed by atoms with Crippen LogP contribution in [0.1, 0.15) is 35.8 Å². The van der Waals surface area contributed by atoms with Gasteiger partial charge in [-0.25, -0.2) is 14.4 Å². The van der Waals surface area contributed by atoms with Gasteiger partial charge >= 0.3 is 0 Å². The Morgan fingerprint density at radius 1 is 1.31 bits per heavy atom. The van der Waals surface area contributed by atoms with E-state index in [-0.39, 0.29) is 18.7 Å². The van der Waals surface area contributed by atoms with Crippen molar-refractivity contribution in [3.05, 3.63) is 41.6 Å². The van der Waals surface area contributed by atoms with Gasteiger partial charge in [0.1, 0.15) is 35.2 Å². The van der Waals surface area contributed by atoms with Crippen molar-refractivity contribution in [1.82, 2.24) is 25.2 Å². The van der Waals surface area contributed by atoms with Gasteiger partial charge in [-0.3, -0.25) is 9.59 Å². The molecule has 0 bridgehead atoms. The number of aromatic amines is 1. The number of carbonyl (C=O) groups excluding carboxylic acids is 2. The SMILES string of the molecule is Cc1[nH]c2c(-c3ccc(F)cc3OCC3CC3)ncnc2c1C(=O)N[C@H]1CN(C(=O)[C@H](C)O)C[C@@H]1O. The van der Waals surface area contributed by atoms with E-state index in [2.05, 4.69) is 20.3 Å². The van der Waals surface area contributed by atoms with Crippen molar-refractivity contribution in [2.24, 2.45) is 5.92 Å². The topological polar surface area (TPSA) is 141 Å². The molecule has 1 saturated carbocycles. The fourth-order valence-electron chi connectivity index (χ4n) is 4.52. The van der Waals surface area contributed by atoms with Gasteiger partial charge < -0.3 is 30.2 Å². The van der Waals surface area contributed by atoms with Crippen molar-refractivity contribution in [3.8, 4) is 17.0 Å². The molecule has 4 N–H and O–H groups in total. The normalized spacial score (nSPS) is 20.5. The summed E-state index contributed by atoms with van der Waals surface area (Å²) in [4.78, 5) is 38.6. The quantitative estimate of drug-likeness (QED) is 0.388. The highest BCUT2D eigenvalue weighted by molar-refractivity contribution is 6.09. The van der Waals surface area contributed by atoms with Crippen LogP contribution in [-0.2, 0) is 4.79 Å². The summed E-state index contributed by atoms with van der Waals surface area (Å²) in [6.45, 7) is 3.68. The molecule has 1 aromatic carbocycles. The summed E-state index contributed by atoms with van der Waals surface area (Å²) in [5.41, 5.74) is 2.75. The van der Waals surface area contributed by atoms with Gasteiger partial charge in [0.25, 0.3) is 11.8 Å². The number of hydrogen-bond donors (Lipinski definition) is 4. The van der Waals surface area contributed by atoms with E-state index in [1.54, 1.807) is 13.0 Å². The minimum absolute atomic E-state index is 0.0159. The lowest BCUT2D eigenvalue weighted by atomic mass is 10.1. The third-order valence-electron chi connectivity index (χ3n) is 6.64. The summed E-state index contributed by atoms with van der Waals surface area (Å²) >= 11 is 0. The Bertz CT molecular complexity index is 1320. The number of rotatable bonds is 7. The summed E-state index contributed by atoms with van der Waals surface area (Å²) in [5.74, 6) is -0.547. The molecule has 10 nitrogen and oxygen atoms in total. The highest BCUT2D eigenvalue weighted by atomic mass is 19.1. The summed E-state index contributed by atoms with van der Waals surface area (Å²) < 4.78 is 19.9. The largest absolute Gasteiger partial charge is 0.492 e. The van der Waals surface area contributed by atoms with Crippen molar-refractivity contribution < 1.29 is 28.9 Å². The number of fused-ring (bicyclic) bond motifs is 1. The van der Waals surface area contributed by atoms with Crippen LogP contribution in [0.2, 0.25) is 0 Å². The van der Waals surface area contributed by atoms with Crippen molar-refractivity contribution >= 4 is 22.8 Å². The minimum Gasteiger partial charge on any atom is -0.492 e. The highest BCUT2D eigenvalue weighted by Gasteiger charge is 2.37. The van der Waals surface area contributed by atoms with Crippen LogP contribution >= 0.6 is 0 Å². The number of nitrogens with zero attached hydrogens (tertiary/aromatic N) is 3. The number of nitrogens with one attached hydrogen (secondary N) is 2. The average molecular weight is 498 g/mol. The van der Waals surface area contributed by atoms with E-state index in [1.807, 2.05) is 0 Å². The molecule has 2 aliphatic rings. The van der Waals surface area contributed by atoms with Crippen LogP contribution in [0.4, 0.5) is 4.39 Å². The predicted octanol–water partition coefficient (Wildman–Crippen LogP) is 1.54. The van der Waals surface area contributed by atoms with Crippen LogP contribution in [0.25, 0.3) is 22.3 Å². The van der Waals surface area contributed by atoms with E-state index in [9.17, 15) is 24.2 Å². The van der Waals surface area contributed by atoms with E-state index < -0.39 is 35.9 Å². The maximum absolute atomic E-state index is 14.0. The van der Waals surface area contributed by atoms with Crippen molar-refractivity contribution in [2.75, 3.05) is 19.7 Å². The summed E-state index contributed by atoms with van der Waals surface area (Å²) in [6, 6.07) is 3.55. The molecule has 0 radical (unpaired) electrons. The predicted molar refractivity (Wildman–Crippen MR) is 128 cm³/mol. The fourth-order valence-corrected chi connectivity index (χ4v) is 4.52. The number of H-pyrrole nitrogens is 1. The summed E-state index contributed by atoms with van der Waals surface area (Å²) in [5, 5.41) is 22.7. The van der Waals surface area contributed by atoms with Crippen molar-refractivity contribution in [3.63, 3.8) is 0 Å². The summed E-state index contributed by atoms with van der Waals surface area (Å²) in [7, 11) is 0. The molecule has 0 spiro atoms. The molecule has 11 heteroatoms. The molecule has 3 heterocycles. The van der Waals surface area contributed by atoms with E-state index >= 15 is 0 Å². The second-order valence-electron chi connectivity index (χ2n) is 9.53. The maximum Gasteiger partial charge on any atom is 0.255 e. The zero-order valence-corrected chi connectivity index (χ0v) is 20.0. The molecule has 190 valence electrons. The van der Waals surface area contributed by atoms with Crippen LogP contribution in [0, 0.1) is 18.7 Å². The van der Waals surface area contributed by atoms with Crippen LogP contribution in [-0.4, -0.2) is 79.8 Å². The number of aryl methyl sites for hydroxylation is 1. The first-order chi connectivity index (χ1) is 17.2. The first-order valence-corrected chi connectivity index (χ1v) is 11.9. The molecular formula is C25H28FN5O5. The van der Waals surface area contributed by atoms with E-state index in [0.717, 1.165) is 12.8 Å². The second-order valence-corrected chi connectivity index (χ2v) is 9.53. The first kappa shape index (κ1) is 24.1. The molecule has 1 aliphatic carbocycles. The van der Waals surface area contributed by atoms with Crippen molar-refractivity contribution in [2.45, 2.75) is 44.9 Å². The number of amides is 2. The van der Waals surface area contributed by atoms with Crippen molar-refractivity contribution in [1.29, 1.82) is 0 Å². The lowest BCUT2D eigenvalue weighted by Gasteiger charge is -2.18. The zero-order chi connectivity index (χ0) is 25.6. The van der Waals surface area contributed by atoms with Gasteiger partial charge in [-0.15, -0.1) is 0 Å². The number of β-amino-alcohol motifs (C(OH)–C–C–N with tert-alkyl or cyclic N) is 1. The van der Waals surface area contributed by atoms with E-state index in [4.69, 9.17) is 4.74 Å². The smallest absolute Gasteiger partial charge is 0.255 e. The molecule has 2 amide bonds. The molecule has 1 aliphatic heterocycles. The number of aromatic nitrogens is 3. The minimum atomic E-state index is -1.19. The molecule has 2 fully saturated rings. The molecule has 36 heavy (non-hydrogen) atoms. The van der Waals surface area contributed by atoms with Gasteiger partial charge in [0.15, 0.2) is 0 Å². The lowest BCUT2D eigenvalue weighted by Crippen LogP contribution is -2.43.